The van der Waals surface area contributed by atoms with Crippen molar-refractivity contribution in [2.75, 3.05) is 11.9 Å². The van der Waals surface area contributed by atoms with Crippen molar-refractivity contribution in [1.29, 1.82) is 5.26 Å². The third kappa shape index (κ3) is 5.48. The number of rotatable bonds is 5. The summed E-state index contributed by atoms with van der Waals surface area (Å²) in [6.07, 6.45) is -2.85. The number of amides is 1. The van der Waals surface area contributed by atoms with E-state index in [1.54, 1.807) is 6.07 Å². The van der Waals surface area contributed by atoms with Crippen LogP contribution >= 0.6 is 11.3 Å². The summed E-state index contributed by atoms with van der Waals surface area (Å²) < 4.78 is 39.7. The lowest BCUT2D eigenvalue weighted by molar-refractivity contribution is -0.137. The van der Waals surface area contributed by atoms with Gasteiger partial charge in [-0.15, -0.1) is 11.3 Å². The molecule has 0 aliphatic carbocycles. The molecule has 3 aromatic rings. The monoisotopic (exact) mass is 468 g/mol. The molecule has 0 radical (unpaired) electrons. The van der Waals surface area contributed by atoms with Gasteiger partial charge in [0.1, 0.15) is 11.6 Å². The molecule has 1 amide bonds. The first-order valence-electron chi connectivity index (χ1n) is 10.2. The molecule has 5 nitrogen and oxygen atoms in total. The molecule has 2 heterocycles. The van der Waals surface area contributed by atoms with Gasteiger partial charge in [0, 0.05) is 24.5 Å². The SMILES string of the molecule is N#CC(=Cc1ccccc1C(F)(F)F)C(=O)Nc1nc2c(s1)CCN(Cc1ccccc1)C2. The number of alkyl halides is 3. The lowest BCUT2D eigenvalue weighted by atomic mass is 10.0. The number of nitrogens with zero attached hydrogens (tertiary/aromatic N) is 3. The predicted octanol–water partition coefficient (Wildman–Crippen LogP) is 5.27. The van der Waals surface area contributed by atoms with Crippen LogP contribution < -0.4 is 5.32 Å². The number of nitrogens with one attached hydrogen (secondary N) is 1. The number of benzene rings is 2. The van der Waals surface area contributed by atoms with Gasteiger partial charge in [-0.2, -0.15) is 18.4 Å². The van der Waals surface area contributed by atoms with Gasteiger partial charge < -0.3 is 0 Å². The van der Waals surface area contributed by atoms with E-state index in [1.807, 2.05) is 18.2 Å². The van der Waals surface area contributed by atoms with Gasteiger partial charge in [0.05, 0.1) is 11.3 Å². The molecule has 33 heavy (non-hydrogen) atoms. The number of nitriles is 1. The van der Waals surface area contributed by atoms with E-state index in [0.29, 0.717) is 11.7 Å². The van der Waals surface area contributed by atoms with E-state index in [-0.39, 0.29) is 5.56 Å². The first-order chi connectivity index (χ1) is 15.8. The molecule has 0 unspecified atom stereocenters. The molecule has 168 valence electrons. The Kier molecular flexibility index (Phi) is 6.58. The van der Waals surface area contributed by atoms with Crippen LogP contribution in [0.15, 0.2) is 60.2 Å². The largest absolute Gasteiger partial charge is 0.416 e. The van der Waals surface area contributed by atoms with Crippen molar-refractivity contribution in [3.63, 3.8) is 0 Å². The lowest BCUT2D eigenvalue weighted by Gasteiger charge is -2.25. The van der Waals surface area contributed by atoms with Crippen molar-refractivity contribution in [3.05, 3.63) is 87.4 Å². The highest BCUT2D eigenvalue weighted by Crippen LogP contribution is 2.33. The molecule has 4 rings (SSSR count). The summed E-state index contributed by atoms with van der Waals surface area (Å²) in [5.41, 5.74) is 0.487. The minimum Gasteiger partial charge on any atom is -0.297 e. The Morgan fingerprint density at radius 1 is 1.18 bits per heavy atom. The number of hydrogen-bond donors (Lipinski definition) is 1. The minimum atomic E-state index is -4.59. The molecule has 1 N–H and O–H groups in total. The molecule has 0 saturated carbocycles. The van der Waals surface area contributed by atoms with E-state index in [2.05, 4.69) is 27.3 Å². The summed E-state index contributed by atoms with van der Waals surface area (Å²) in [4.78, 5) is 20.4. The van der Waals surface area contributed by atoms with Crippen LogP contribution in [0.3, 0.4) is 0 Å². The van der Waals surface area contributed by atoms with E-state index in [4.69, 9.17) is 0 Å². The minimum absolute atomic E-state index is 0.244. The third-order valence-electron chi connectivity index (χ3n) is 5.21. The fraction of sp³-hybridized carbons (Fsp3) is 0.208. The van der Waals surface area contributed by atoms with Crippen LogP contribution in [0, 0.1) is 11.3 Å². The molecule has 1 aliphatic heterocycles. The maximum absolute atomic E-state index is 13.2. The van der Waals surface area contributed by atoms with Gasteiger partial charge in [0.25, 0.3) is 5.91 Å². The van der Waals surface area contributed by atoms with Gasteiger partial charge in [-0.3, -0.25) is 15.0 Å². The number of carbonyl (C=O) groups is 1. The Hall–Kier alpha value is -3.48. The standard InChI is InChI=1S/C24H19F3N4OS/c25-24(26,27)19-9-5-4-8-17(19)12-18(13-28)22(32)30-23-29-20-15-31(11-10-21(20)33-23)14-16-6-2-1-3-7-16/h1-9,12H,10-11,14-15H2,(H,29,30,32). The van der Waals surface area contributed by atoms with Gasteiger partial charge in [0.2, 0.25) is 0 Å². The molecular weight excluding hydrogens is 449 g/mol. The fourth-order valence-electron chi connectivity index (χ4n) is 3.63. The second-order valence-electron chi connectivity index (χ2n) is 7.54. The van der Waals surface area contributed by atoms with Crippen LogP contribution in [0.2, 0.25) is 0 Å². The molecule has 0 bridgehead atoms. The highest BCUT2D eigenvalue weighted by Gasteiger charge is 2.32. The number of thiazole rings is 1. The van der Waals surface area contributed by atoms with Crippen LogP contribution in [0.4, 0.5) is 18.3 Å². The van der Waals surface area contributed by atoms with Gasteiger partial charge in [-0.05, 0) is 29.7 Å². The number of halogens is 3. The highest BCUT2D eigenvalue weighted by molar-refractivity contribution is 7.15. The van der Waals surface area contributed by atoms with Crippen molar-refractivity contribution < 1.29 is 18.0 Å². The maximum Gasteiger partial charge on any atom is 0.416 e. The van der Waals surface area contributed by atoms with Crippen molar-refractivity contribution in [2.24, 2.45) is 0 Å². The summed E-state index contributed by atoms with van der Waals surface area (Å²) in [6, 6.07) is 16.6. The molecule has 0 fully saturated rings. The molecular formula is C24H19F3N4OS. The third-order valence-corrected chi connectivity index (χ3v) is 6.28. The number of aromatic nitrogens is 1. The quantitative estimate of drug-likeness (QED) is 0.409. The topological polar surface area (TPSA) is 69.0 Å². The van der Waals surface area contributed by atoms with E-state index in [9.17, 15) is 23.2 Å². The summed E-state index contributed by atoms with van der Waals surface area (Å²) in [5.74, 6) is -0.790. The van der Waals surface area contributed by atoms with Gasteiger partial charge >= 0.3 is 6.18 Å². The zero-order chi connectivity index (χ0) is 23.4. The van der Waals surface area contributed by atoms with Crippen molar-refractivity contribution in [1.82, 2.24) is 9.88 Å². The van der Waals surface area contributed by atoms with Crippen LogP contribution in [0.1, 0.15) is 27.3 Å². The zero-order valence-electron chi connectivity index (χ0n) is 17.4. The Morgan fingerprint density at radius 2 is 1.91 bits per heavy atom. The first kappa shape index (κ1) is 22.7. The summed E-state index contributed by atoms with van der Waals surface area (Å²) in [7, 11) is 0. The molecule has 0 atom stereocenters. The molecule has 0 saturated heterocycles. The van der Waals surface area contributed by atoms with E-state index in [0.717, 1.165) is 42.2 Å². The molecule has 1 aliphatic rings. The van der Waals surface area contributed by atoms with Crippen LogP contribution in [-0.2, 0) is 30.5 Å². The Morgan fingerprint density at radius 3 is 2.64 bits per heavy atom. The van der Waals surface area contributed by atoms with Crippen molar-refractivity contribution in [3.8, 4) is 6.07 Å². The summed E-state index contributed by atoms with van der Waals surface area (Å²) in [5, 5.41) is 12.3. The van der Waals surface area contributed by atoms with Crippen LogP contribution in [0.25, 0.3) is 6.08 Å². The predicted molar refractivity (Wildman–Crippen MR) is 120 cm³/mol. The Balaban J connectivity index is 1.47. The maximum atomic E-state index is 13.2. The lowest BCUT2D eigenvalue weighted by Crippen LogP contribution is -2.29. The Labute approximate surface area is 192 Å². The van der Waals surface area contributed by atoms with Crippen LogP contribution in [0.5, 0.6) is 0 Å². The first-order valence-corrected chi connectivity index (χ1v) is 11.0. The van der Waals surface area contributed by atoms with E-state index < -0.39 is 23.2 Å². The number of anilines is 1. The molecule has 2 aromatic carbocycles. The molecule has 1 aromatic heterocycles. The zero-order valence-corrected chi connectivity index (χ0v) is 18.2. The van der Waals surface area contributed by atoms with Gasteiger partial charge in [-0.25, -0.2) is 4.98 Å². The number of fused-ring (bicyclic) bond motifs is 1. The summed E-state index contributed by atoms with van der Waals surface area (Å²) in [6.45, 7) is 2.28. The van der Waals surface area contributed by atoms with Crippen molar-refractivity contribution in [2.45, 2.75) is 25.7 Å². The number of hydrogen-bond acceptors (Lipinski definition) is 5. The van der Waals surface area contributed by atoms with E-state index >= 15 is 0 Å². The average molecular weight is 469 g/mol. The van der Waals surface area contributed by atoms with Crippen molar-refractivity contribution >= 4 is 28.5 Å². The smallest absolute Gasteiger partial charge is 0.297 e. The normalized spacial score (nSPS) is 14.4. The second-order valence-corrected chi connectivity index (χ2v) is 8.63. The molecule has 9 heteroatoms. The fourth-order valence-corrected chi connectivity index (χ4v) is 4.59. The van der Waals surface area contributed by atoms with Gasteiger partial charge in [0.15, 0.2) is 5.13 Å². The second kappa shape index (κ2) is 9.57. The Bertz CT molecular complexity index is 1230. The highest BCUT2D eigenvalue weighted by atomic mass is 32.1. The number of carbonyl (C=O) groups excluding carboxylic acids is 1. The summed E-state index contributed by atoms with van der Waals surface area (Å²) >= 11 is 1.33. The molecule has 0 spiro atoms. The average Bonchev–Trinajstić information content (AvgIpc) is 3.19. The van der Waals surface area contributed by atoms with Crippen LogP contribution in [-0.4, -0.2) is 22.3 Å². The van der Waals surface area contributed by atoms with E-state index in [1.165, 1.54) is 35.1 Å². The van der Waals surface area contributed by atoms with Gasteiger partial charge in [-0.1, -0.05) is 48.5 Å².